The van der Waals surface area contributed by atoms with E-state index >= 15 is 0 Å². The fourth-order valence-corrected chi connectivity index (χ4v) is 97.4. The van der Waals surface area contributed by atoms with E-state index in [1.54, 1.807) is 6.08 Å². The van der Waals surface area contributed by atoms with Gasteiger partial charge in [0.05, 0.1) is 0 Å². The van der Waals surface area contributed by atoms with Crippen LogP contribution in [0.2, 0.25) is 47.2 Å². The van der Waals surface area contributed by atoms with Crippen molar-refractivity contribution < 1.29 is 11.3 Å². The number of hydrogen-bond acceptors (Lipinski definition) is 1. The molecule has 19 heavy (non-hydrogen) atoms. The zero-order chi connectivity index (χ0) is 12.5. The maximum absolute atomic E-state index is 11.0. The number of allylic oxidation sites excluding steroid dienone is 3. The normalized spacial score (nSPS) is 112. The van der Waals surface area contributed by atoms with Gasteiger partial charge in [0.15, 0.2) is 0 Å². The number of carbonyl (C=O) groups excluding carboxylic acids is 1. The van der Waals surface area contributed by atoms with Gasteiger partial charge in [0.2, 0.25) is 0 Å². The van der Waals surface area contributed by atoms with Gasteiger partial charge in [-0.1, -0.05) is 0 Å². The molecule has 0 amide bonds. The molecule has 10 aliphatic rings. The van der Waals surface area contributed by atoms with Gasteiger partial charge in [0, 0.05) is 0 Å². The third-order valence-corrected chi connectivity index (χ3v) is 59.6. The van der Waals surface area contributed by atoms with Crippen LogP contribution in [0.4, 0.5) is 0 Å². The van der Waals surface area contributed by atoms with Crippen LogP contribution >= 0.6 is 23.2 Å². The van der Waals surface area contributed by atoms with Crippen LogP contribution in [0.1, 0.15) is 0 Å². The molecule has 0 saturated carbocycles. The summed E-state index contributed by atoms with van der Waals surface area (Å²) in [4.78, 5) is 19.4. The molecule has 10 aliphatic heterocycles. The summed E-state index contributed by atoms with van der Waals surface area (Å²) >= 11 is 13.4. The molecule has 8 unspecified atom stereocenters. The minimum atomic E-state index is -3.55. The molecule has 10 saturated heterocycles. The number of rotatable bonds is 3. The molecule has 1 spiro atoms. The van der Waals surface area contributed by atoms with Crippen molar-refractivity contribution >= 4 is 29.5 Å². The quantitative estimate of drug-likeness (QED) is 0.394. The second-order valence-corrected chi connectivity index (χ2v) is 34.9. The molecule has 10 fully saturated rings. The van der Waals surface area contributed by atoms with E-state index in [9.17, 15) is 4.79 Å². The fraction of sp³-hybridized carbons (Fsp3) is 0.667. The van der Waals surface area contributed by atoms with Crippen LogP contribution in [0.15, 0.2) is 22.7 Å². The van der Waals surface area contributed by atoms with Gasteiger partial charge in [-0.15, -0.1) is 0 Å². The second-order valence-electron chi connectivity index (χ2n) is 10.8. The zero-order valence-corrected chi connectivity index (χ0v) is 12.6. The monoisotopic (exact) mass is 334 g/mol. The van der Waals surface area contributed by atoms with Crippen molar-refractivity contribution in [3.63, 3.8) is 0 Å². The Morgan fingerprint density at radius 3 is 1.79 bits per heavy atom. The minimum absolute atomic E-state index is 0.398. The van der Waals surface area contributed by atoms with Gasteiger partial charge in [-0.3, -0.25) is 0 Å². The first-order valence-corrected chi connectivity index (χ1v) is 14.2. The van der Waals surface area contributed by atoms with E-state index in [0.717, 1.165) is 54.9 Å². The molecule has 0 N–H and O–H groups in total. The van der Waals surface area contributed by atoms with Crippen molar-refractivity contribution in [1.29, 1.82) is 0 Å². The molecule has 4 heteroatoms. The number of carbonyl (C=O) groups is 1. The van der Waals surface area contributed by atoms with E-state index < -0.39 is 6.51 Å². The fourth-order valence-electron chi connectivity index (χ4n) is 18.1. The number of aldehydes is 1. The Kier molecular flexibility index (Phi) is 0.288. The van der Waals surface area contributed by atoms with Crippen molar-refractivity contribution in [3.8, 4) is 0 Å². The summed E-state index contributed by atoms with van der Waals surface area (Å²) in [7, 11) is 0. The van der Waals surface area contributed by atoms with Gasteiger partial charge in [0.25, 0.3) is 0 Å². The number of hydrogen-bond donors (Lipinski definition) is 0. The van der Waals surface area contributed by atoms with Gasteiger partial charge in [0.1, 0.15) is 0 Å². The first-order valence-electron chi connectivity index (χ1n) is 7.23. The first-order chi connectivity index (χ1) is 8.86. The Bertz CT molecular complexity index is 1170. The van der Waals surface area contributed by atoms with Gasteiger partial charge < -0.3 is 0 Å². The van der Waals surface area contributed by atoms with Crippen LogP contribution < -0.4 is 0 Å². The maximum atomic E-state index is 11.0. The molecule has 0 aromatic carbocycles. The van der Waals surface area contributed by atoms with E-state index in [4.69, 9.17) is 23.2 Å². The third kappa shape index (κ3) is 0.0828. The van der Waals surface area contributed by atoms with Gasteiger partial charge >= 0.3 is 111 Å². The summed E-state index contributed by atoms with van der Waals surface area (Å²) in [5.74, 6) is 0. The summed E-state index contributed by atoms with van der Waals surface area (Å²) < 4.78 is 0.863. The average molecular weight is 335 g/mol. The van der Waals surface area contributed by atoms with Gasteiger partial charge in [-0.05, 0) is 0 Å². The standard InChI is InChI=1S/C8H6ClO.C7H6Cl.Fe/c9-8(5-6-10)7-3-1-2-4-7;1-6(8)7-4-2-3-5-7;/h1-6H;2-5H,1H2;. The second kappa shape index (κ2) is 0.682. The summed E-state index contributed by atoms with van der Waals surface area (Å²) in [6, 6.07) is 0. The van der Waals surface area contributed by atoms with Crippen LogP contribution in [0.3, 0.4) is 0 Å². The van der Waals surface area contributed by atoms with E-state index in [0.29, 0.717) is 8.63 Å². The Balaban J connectivity index is 1.62. The molecule has 0 bridgehead atoms. The van der Waals surface area contributed by atoms with Crippen molar-refractivity contribution in [2.75, 3.05) is 0 Å². The predicted octanol–water partition coefficient (Wildman–Crippen LogP) is 5.19. The summed E-state index contributed by atoms with van der Waals surface area (Å²) in [6.45, 7) is 0.702. The topological polar surface area (TPSA) is 17.1 Å². The van der Waals surface area contributed by atoms with Crippen molar-refractivity contribution in [1.82, 2.24) is 0 Å². The molecule has 10 heterocycles. The van der Waals surface area contributed by atoms with Crippen LogP contribution in [0.25, 0.3) is 0 Å². The molecular formula is C15H12Cl2FeO. The summed E-state index contributed by atoms with van der Waals surface area (Å²) in [6.07, 6.45) is 2.62. The molecule has 0 aromatic rings. The van der Waals surface area contributed by atoms with E-state index in [2.05, 4.69) is 6.58 Å². The molecule has 8 atom stereocenters. The predicted molar refractivity (Wildman–Crippen MR) is 70.4 cm³/mol. The molecule has 0 aliphatic carbocycles. The van der Waals surface area contributed by atoms with Crippen molar-refractivity contribution in [2.24, 2.45) is 0 Å². The molecule has 100 valence electrons. The number of fused-ring (bicyclic) bond motifs is 10. The molecule has 10 rings (SSSR count). The Hall–Kier alpha value is 0.249. The summed E-state index contributed by atoms with van der Waals surface area (Å²) in [5.41, 5.74) is 0. The van der Waals surface area contributed by atoms with Crippen LogP contribution in [0, 0.1) is 0 Å². The van der Waals surface area contributed by atoms with E-state index in [1.165, 1.54) is 0 Å². The molecule has 0 aromatic heterocycles. The Morgan fingerprint density at radius 2 is 1.47 bits per heavy atom. The Labute approximate surface area is 110 Å². The zero-order valence-electron chi connectivity index (χ0n) is 10.00. The average Bonchev–Trinajstić information content (AvgIpc) is 3.32. The molecule has 0 radical (unpaired) electrons. The number of halogens is 2. The Morgan fingerprint density at radius 1 is 1.00 bits per heavy atom. The van der Waals surface area contributed by atoms with E-state index in [1.807, 2.05) is 0 Å². The van der Waals surface area contributed by atoms with Crippen LogP contribution in [-0.4, -0.2) is 6.29 Å². The SMILES string of the molecule is C=C(Cl)[C]12[CH]3[CH]4[CH]5[CH]1[Fe]45321678[CH]2[CH]1[CH]6[C]7(C(Cl)=CC=O)[CH]28. The summed E-state index contributed by atoms with van der Waals surface area (Å²) in [5, 5.41) is 2.01. The van der Waals surface area contributed by atoms with Gasteiger partial charge in [-0.2, -0.15) is 0 Å². The molecule has 1 nitrogen and oxygen atoms in total. The van der Waals surface area contributed by atoms with Crippen LogP contribution in [-0.2, 0) is 11.3 Å². The van der Waals surface area contributed by atoms with E-state index in [-0.39, 0.29) is 0 Å². The third-order valence-electron chi connectivity index (χ3n) is 15.8. The van der Waals surface area contributed by atoms with Crippen molar-refractivity contribution in [2.45, 2.75) is 47.2 Å². The van der Waals surface area contributed by atoms with Crippen LogP contribution in [0.5, 0.6) is 0 Å². The molecular weight excluding hydrogens is 323 g/mol. The van der Waals surface area contributed by atoms with Crippen molar-refractivity contribution in [3.05, 3.63) is 22.7 Å². The first kappa shape index (κ1) is 8.03. The van der Waals surface area contributed by atoms with Gasteiger partial charge in [-0.25, -0.2) is 0 Å².